The Balaban J connectivity index is 0.640. The molecule has 0 bridgehead atoms. The molecule has 2 aromatic heterocycles. The first kappa shape index (κ1) is 48.6. The number of ether oxygens (including phenoxy) is 6. The summed E-state index contributed by atoms with van der Waals surface area (Å²) in [4.78, 5) is 75.2. The number of nitrogen functional groups attached to an aromatic ring is 1. The van der Waals surface area contributed by atoms with Crippen LogP contribution < -0.4 is 20.5 Å². The minimum atomic E-state index is -1.05. The lowest BCUT2D eigenvalue weighted by atomic mass is 10.0. The number of likely N-dealkylation sites (tertiary alicyclic amines) is 1. The van der Waals surface area contributed by atoms with Gasteiger partial charge in [0.1, 0.15) is 47.7 Å². The van der Waals surface area contributed by atoms with Crippen LogP contribution in [0.5, 0.6) is 17.2 Å². The number of carbonyl (C=O) groups is 5. The normalized spacial score (nSPS) is 17.1. The van der Waals surface area contributed by atoms with E-state index in [4.69, 9.17) is 39.3 Å². The van der Waals surface area contributed by atoms with Gasteiger partial charge in [0.2, 0.25) is 17.7 Å². The number of nitrogens with two attached hydrogens (primary N) is 1. The highest BCUT2D eigenvalue weighted by atomic mass is 16.6. The number of nitrogens with one attached hydrogen (secondary N) is 1. The molecule has 19 heteroatoms. The molecule has 3 aliphatic heterocycles. The quantitative estimate of drug-likeness (QED) is 0.0542. The van der Waals surface area contributed by atoms with Crippen molar-refractivity contribution in [1.82, 2.24) is 34.9 Å². The number of carbonyl (C=O) groups excluding carboxylic acids is 5. The SMILES string of the molecule is Nc1ncnc2c1c(-c1ccc(Oc3ccccc3)cc1)nn2[C@@H]1CCCN(C(=O)CCCCCCOCCOCCOCCOCCOc2cccc3c2C(=O)N(C2CCC(=O)NC2=O)C3=O)C1. The van der Waals surface area contributed by atoms with Crippen LogP contribution in [0.3, 0.4) is 0 Å². The summed E-state index contributed by atoms with van der Waals surface area (Å²) >= 11 is 0. The van der Waals surface area contributed by atoms with Crippen LogP contribution in [-0.2, 0) is 33.3 Å². The summed E-state index contributed by atoms with van der Waals surface area (Å²) in [5.41, 5.74) is 8.88. The van der Waals surface area contributed by atoms with E-state index in [9.17, 15) is 24.0 Å². The fraction of sp³-hybridized carbons (Fsp3) is 0.440. The second-order valence-electron chi connectivity index (χ2n) is 16.9. The van der Waals surface area contributed by atoms with Crippen molar-refractivity contribution in [2.75, 3.05) is 78.3 Å². The van der Waals surface area contributed by atoms with Gasteiger partial charge in [-0.2, -0.15) is 5.10 Å². The van der Waals surface area contributed by atoms with E-state index < -0.39 is 29.7 Å². The Morgan fingerprint density at radius 1 is 0.725 bits per heavy atom. The maximum Gasteiger partial charge on any atom is 0.266 e. The van der Waals surface area contributed by atoms with Gasteiger partial charge in [0, 0.05) is 38.1 Å². The van der Waals surface area contributed by atoms with E-state index in [2.05, 4.69) is 15.3 Å². The van der Waals surface area contributed by atoms with Gasteiger partial charge in [-0.3, -0.25) is 34.2 Å². The van der Waals surface area contributed by atoms with Crippen molar-refractivity contribution in [1.29, 1.82) is 0 Å². The number of piperidine rings is 2. The minimum absolute atomic E-state index is 0.0406. The van der Waals surface area contributed by atoms with Crippen LogP contribution in [0.25, 0.3) is 22.3 Å². The van der Waals surface area contributed by atoms with Gasteiger partial charge >= 0.3 is 0 Å². The number of benzene rings is 3. The highest BCUT2D eigenvalue weighted by Crippen LogP contribution is 2.36. The molecule has 364 valence electrons. The molecule has 2 fully saturated rings. The summed E-state index contributed by atoms with van der Waals surface area (Å²) in [5.74, 6) is -0.108. The Kier molecular flexibility index (Phi) is 16.9. The van der Waals surface area contributed by atoms with Crippen LogP contribution in [-0.4, -0.2) is 138 Å². The maximum atomic E-state index is 13.3. The summed E-state index contributed by atoms with van der Waals surface area (Å²) in [5, 5.41) is 7.92. The van der Waals surface area contributed by atoms with Crippen molar-refractivity contribution in [2.24, 2.45) is 0 Å². The lowest BCUT2D eigenvalue weighted by Gasteiger charge is -2.33. The standard InChI is InChI=1S/C50H58N8O11/c51-46-44-45(34-16-18-37(19-17-34)69-36-11-4-3-5-12-36)55-58(47(44)53-33-52-46)35-10-9-22-56(32-35)42(60)15-6-1-2-7-23-64-24-25-65-26-27-66-28-29-67-30-31-68-40-14-8-13-38-43(40)50(63)57(49(38)62)39-20-21-41(59)54-48(39)61/h3-5,8,11-14,16-19,33,35,39H,1-2,6-7,9-10,15,20-32H2,(H2,51,52,53)(H,54,59,61)/t35-,39?/m1/s1. The molecule has 5 amide bonds. The lowest BCUT2D eigenvalue weighted by Crippen LogP contribution is -2.54. The zero-order valence-corrected chi connectivity index (χ0v) is 38.6. The van der Waals surface area contributed by atoms with E-state index in [1.165, 1.54) is 12.4 Å². The number of imide groups is 2. The third-order valence-corrected chi connectivity index (χ3v) is 12.2. The predicted molar refractivity (Wildman–Crippen MR) is 252 cm³/mol. The molecule has 5 aromatic rings. The number of hydrogen-bond donors (Lipinski definition) is 2. The van der Waals surface area contributed by atoms with Crippen molar-refractivity contribution < 1.29 is 52.4 Å². The Labute approximate surface area is 399 Å². The topological polar surface area (TPSA) is 229 Å². The number of hydrogen-bond acceptors (Lipinski definition) is 15. The Bertz CT molecular complexity index is 2570. The summed E-state index contributed by atoms with van der Waals surface area (Å²) < 4.78 is 36.2. The lowest BCUT2D eigenvalue weighted by molar-refractivity contribution is -0.136. The molecule has 0 saturated carbocycles. The number of amides is 5. The first-order valence-electron chi connectivity index (χ1n) is 23.6. The minimum Gasteiger partial charge on any atom is -0.490 e. The molecular weight excluding hydrogens is 889 g/mol. The second-order valence-corrected chi connectivity index (χ2v) is 16.9. The van der Waals surface area contributed by atoms with E-state index in [0.29, 0.717) is 87.5 Å². The van der Waals surface area contributed by atoms with Crippen LogP contribution in [0, 0.1) is 0 Å². The molecule has 3 aliphatic rings. The molecule has 2 saturated heterocycles. The second kappa shape index (κ2) is 24.0. The molecule has 2 atom stereocenters. The van der Waals surface area contributed by atoms with Gasteiger partial charge in [0.25, 0.3) is 11.8 Å². The van der Waals surface area contributed by atoms with Crippen molar-refractivity contribution in [3.05, 3.63) is 90.3 Å². The number of nitrogens with zero attached hydrogens (tertiary/aromatic N) is 6. The third kappa shape index (κ3) is 12.3. The fourth-order valence-corrected chi connectivity index (χ4v) is 8.71. The van der Waals surface area contributed by atoms with Crippen LogP contribution in [0.4, 0.5) is 5.82 Å². The molecule has 0 radical (unpaired) electrons. The van der Waals surface area contributed by atoms with Crippen LogP contribution in [0.2, 0.25) is 0 Å². The Hall–Kier alpha value is -6.80. The number of rotatable bonds is 25. The van der Waals surface area contributed by atoms with Crippen molar-refractivity contribution in [2.45, 2.75) is 69.9 Å². The highest BCUT2D eigenvalue weighted by molar-refractivity contribution is 6.24. The molecule has 5 heterocycles. The highest BCUT2D eigenvalue weighted by Gasteiger charge is 2.46. The van der Waals surface area contributed by atoms with Crippen LogP contribution >= 0.6 is 0 Å². The summed E-state index contributed by atoms with van der Waals surface area (Å²) in [6, 6.07) is 21.0. The monoisotopic (exact) mass is 946 g/mol. The molecule has 8 rings (SSSR count). The first-order valence-corrected chi connectivity index (χ1v) is 23.6. The maximum absolute atomic E-state index is 13.3. The molecule has 0 aliphatic carbocycles. The van der Waals surface area contributed by atoms with E-state index in [1.54, 1.807) is 12.1 Å². The van der Waals surface area contributed by atoms with Crippen LogP contribution in [0.1, 0.15) is 84.5 Å². The van der Waals surface area contributed by atoms with Gasteiger partial charge in [0.15, 0.2) is 5.65 Å². The van der Waals surface area contributed by atoms with Gasteiger partial charge in [-0.1, -0.05) is 37.1 Å². The Morgan fingerprint density at radius 3 is 2.16 bits per heavy atom. The molecule has 3 aromatic carbocycles. The summed E-state index contributed by atoms with van der Waals surface area (Å²) in [6.07, 6.45) is 7.47. The number of fused-ring (bicyclic) bond motifs is 2. The largest absolute Gasteiger partial charge is 0.490 e. The van der Waals surface area contributed by atoms with Gasteiger partial charge < -0.3 is 39.1 Å². The average Bonchev–Trinajstić information content (AvgIpc) is 3.88. The first-order chi connectivity index (χ1) is 33.8. The van der Waals surface area contributed by atoms with Gasteiger partial charge in [-0.15, -0.1) is 0 Å². The molecular formula is C50H58N8O11. The van der Waals surface area contributed by atoms with E-state index in [-0.39, 0.29) is 54.9 Å². The predicted octanol–water partition coefficient (Wildman–Crippen LogP) is 5.53. The molecule has 3 N–H and O–H groups in total. The van der Waals surface area contributed by atoms with Gasteiger partial charge in [-0.25, -0.2) is 14.6 Å². The number of anilines is 1. The van der Waals surface area contributed by atoms with E-state index in [0.717, 1.165) is 61.3 Å². The molecule has 0 spiro atoms. The van der Waals surface area contributed by atoms with E-state index >= 15 is 0 Å². The van der Waals surface area contributed by atoms with Crippen molar-refractivity contribution in [3.8, 4) is 28.5 Å². The van der Waals surface area contributed by atoms with E-state index in [1.807, 2.05) is 64.2 Å². The average molecular weight is 947 g/mol. The zero-order valence-electron chi connectivity index (χ0n) is 38.6. The molecule has 1 unspecified atom stereocenters. The molecule has 19 nitrogen and oxygen atoms in total. The Morgan fingerprint density at radius 2 is 1.42 bits per heavy atom. The third-order valence-electron chi connectivity index (χ3n) is 12.2. The van der Waals surface area contributed by atoms with Crippen molar-refractivity contribution >= 4 is 46.4 Å². The number of unbranched alkanes of at least 4 members (excludes halogenated alkanes) is 3. The number of aromatic nitrogens is 4. The summed E-state index contributed by atoms with van der Waals surface area (Å²) in [7, 11) is 0. The van der Waals surface area contributed by atoms with Gasteiger partial charge in [-0.05, 0) is 80.6 Å². The smallest absolute Gasteiger partial charge is 0.266 e. The zero-order chi connectivity index (χ0) is 48.0. The van der Waals surface area contributed by atoms with Gasteiger partial charge in [0.05, 0.1) is 68.8 Å². The fourth-order valence-electron chi connectivity index (χ4n) is 8.71. The van der Waals surface area contributed by atoms with Crippen LogP contribution in [0.15, 0.2) is 79.1 Å². The summed E-state index contributed by atoms with van der Waals surface area (Å²) in [6.45, 7) is 4.72. The number of para-hydroxylation sites is 1. The molecule has 69 heavy (non-hydrogen) atoms. The van der Waals surface area contributed by atoms with Crippen molar-refractivity contribution in [3.63, 3.8) is 0 Å².